The van der Waals surface area contributed by atoms with Crippen LogP contribution < -0.4 is 21.1 Å². The second-order valence-corrected chi connectivity index (χ2v) is 6.30. The minimum atomic E-state index is -0.715. The van der Waals surface area contributed by atoms with Gasteiger partial charge < -0.3 is 21.1 Å². The lowest BCUT2D eigenvalue weighted by Gasteiger charge is -2.22. The van der Waals surface area contributed by atoms with E-state index in [1.165, 1.54) is 0 Å². The van der Waals surface area contributed by atoms with Crippen LogP contribution in [0.3, 0.4) is 0 Å². The van der Waals surface area contributed by atoms with E-state index in [2.05, 4.69) is 10.6 Å². The minimum absolute atomic E-state index is 0.0357. The van der Waals surface area contributed by atoms with Crippen LogP contribution in [0.25, 0.3) is 0 Å². The number of aryl methyl sites for hydroxylation is 1. The van der Waals surface area contributed by atoms with Crippen molar-refractivity contribution in [2.75, 3.05) is 5.32 Å². The first-order valence-electron chi connectivity index (χ1n) is 8.60. The Bertz CT molecular complexity index is 759. The summed E-state index contributed by atoms with van der Waals surface area (Å²) in [6.07, 6.45) is 0.738. The van der Waals surface area contributed by atoms with Gasteiger partial charge in [0.1, 0.15) is 17.5 Å². The Morgan fingerprint density at radius 2 is 1.81 bits per heavy atom. The quantitative estimate of drug-likeness (QED) is 0.705. The molecule has 0 aliphatic heterocycles. The SMILES string of the molecule is CC[C@@H](C)[C@H](NC(N)=O)C(=O)Nc1ccc(Oc2cccc(C)c2)cc1. The number of ether oxygens (including phenoxy) is 1. The van der Waals surface area contributed by atoms with E-state index in [-0.39, 0.29) is 11.8 Å². The van der Waals surface area contributed by atoms with Gasteiger partial charge in [0.2, 0.25) is 5.91 Å². The summed E-state index contributed by atoms with van der Waals surface area (Å²) in [5, 5.41) is 5.30. The van der Waals surface area contributed by atoms with Crippen LogP contribution in [0.2, 0.25) is 0 Å². The average molecular weight is 355 g/mol. The molecule has 0 aliphatic carbocycles. The lowest BCUT2D eigenvalue weighted by Crippen LogP contribution is -2.49. The number of carbonyl (C=O) groups excluding carboxylic acids is 2. The molecule has 0 aromatic heterocycles. The van der Waals surface area contributed by atoms with E-state index in [4.69, 9.17) is 10.5 Å². The summed E-state index contributed by atoms with van der Waals surface area (Å²) in [7, 11) is 0. The monoisotopic (exact) mass is 355 g/mol. The van der Waals surface area contributed by atoms with E-state index in [1.807, 2.05) is 45.0 Å². The molecular weight excluding hydrogens is 330 g/mol. The number of nitrogens with one attached hydrogen (secondary N) is 2. The molecular formula is C20H25N3O3. The summed E-state index contributed by atoms with van der Waals surface area (Å²) < 4.78 is 5.79. The highest BCUT2D eigenvalue weighted by molar-refractivity contribution is 5.97. The van der Waals surface area contributed by atoms with Crippen molar-refractivity contribution in [1.82, 2.24) is 5.32 Å². The number of nitrogens with two attached hydrogens (primary N) is 1. The van der Waals surface area contributed by atoms with Crippen molar-refractivity contribution in [3.05, 3.63) is 54.1 Å². The molecule has 2 aromatic rings. The predicted molar refractivity (Wildman–Crippen MR) is 102 cm³/mol. The highest BCUT2D eigenvalue weighted by Crippen LogP contribution is 2.24. The number of anilines is 1. The Morgan fingerprint density at radius 1 is 1.12 bits per heavy atom. The van der Waals surface area contributed by atoms with Gasteiger partial charge in [0, 0.05) is 5.69 Å². The van der Waals surface area contributed by atoms with E-state index in [0.717, 1.165) is 17.7 Å². The Morgan fingerprint density at radius 3 is 2.38 bits per heavy atom. The first kappa shape index (κ1) is 19.3. The number of carbonyl (C=O) groups is 2. The van der Waals surface area contributed by atoms with Gasteiger partial charge in [-0.25, -0.2) is 4.79 Å². The zero-order valence-corrected chi connectivity index (χ0v) is 15.3. The van der Waals surface area contributed by atoms with E-state index in [1.54, 1.807) is 24.3 Å². The Hall–Kier alpha value is -3.02. The number of primary amides is 1. The minimum Gasteiger partial charge on any atom is -0.457 e. The lowest BCUT2D eigenvalue weighted by atomic mass is 9.98. The van der Waals surface area contributed by atoms with Crippen LogP contribution in [0.5, 0.6) is 11.5 Å². The largest absolute Gasteiger partial charge is 0.457 e. The van der Waals surface area contributed by atoms with Crippen molar-refractivity contribution in [1.29, 1.82) is 0 Å². The number of benzene rings is 2. The highest BCUT2D eigenvalue weighted by Gasteiger charge is 2.25. The van der Waals surface area contributed by atoms with Gasteiger partial charge in [-0.05, 0) is 54.8 Å². The third kappa shape index (κ3) is 5.51. The number of amides is 3. The molecule has 0 bridgehead atoms. The van der Waals surface area contributed by atoms with Gasteiger partial charge in [-0.2, -0.15) is 0 Å². The van der Waals surface area contributed by atoms with Crippen LogP contribution in [-0.2, 0) is 4.79 Å². The van der Waals surface area contributed by atoms with E-state index < -0.39 is 12.1 Å². The highest BCUT2D eigenvalue weighted by atomic mass is 16.5. The van der Waals surface area contributed by atoms with Crippen LogP contribution in [0.1, 0.15) is 25.8 Å². The van der Waals surface area contributed by atoms with Crippen molar-refractivity contribution in [2.45, 2.75) is 33.2 Å². The molecule has 0 heterocycles. The number of hydrogen-bond donors (Lipinski definition) is 3. The zero-order chi connectivity index (χ0) is 19.1. The fourth-order valence-electron chi connectivity index (χ4n) is 2.50. The molecule has 0 saturated carbocycles. The normalized spacial score (nSPS) is 12.7. The van der Waals surface area contributed by atoms with Crippen LogP contribution in [-0.4, -0.2) is 18.0 Å². The number of hydrogen-bond acceptors (Lipinski definition) is 3. The number of rotatable bonds is 7. The summed E-state index contributed by atoms with van der Waals surface area (Å²) in [6.45, 7) is 5.84. The van der Waals surface area contributed by atoms with E-state index in [0.29, 0.717) is 11.4 Å². The van der Waals surface area contributed by atoms with Gasteiger partial charge in [-0.15, -0.1) is 0 Å². The smallest absolute Gasteiger partial charge is 0.312 e. The Labute approximate surface area is 153 Å². The van der Waals surface area contributed by atoms with E-state index >= 15 is 0 Å². The molecule has 6 nitrogen and oxygen atoms in total. The third-order valence-electron chi connectivity index (χ3n) is 4.14. The summed E-state index contributed by atoms with van der Waals surface area (Å²) in [6, 6.07) is 13.4. The lowest BCUT2D eigenvalue weighted by molar-refractivity contribution is -0.119. The number of urea groups is 1. The van der Waals surface area contributed by atoms with Crippen molar-refractivity contribution in [3.63, 3.8) is 0 Å². The van der Waals surface area contributed by atoms with Crippen molar-refractivity contribution in [2.24, 2.45) is 11.7 Å². The molecule has 2 atom stereocenters. The average Bonchev–Trinajstić information content (AvgIpc) is 2.60. The molecule has 6 heteroatoms. The molecule has 26 heavy (non-hydrogen) atoms. The molecule has 3 amide bonds. The summed E-state index contributed by atoms with van der Waals surface area (Å²) in [5.41, 5.74) is 6.91. The molecule has 0 spiro atoms. The maximum absolute atomic E-state index is 12.4. The third-order valence-corrected chi connectivity index (χ3v) is 4.14. The van der Waals surface area contributed by atoms with Crippen molar-refractivity contribution < 1.29 is 14.3 Å². The maximum atomic E-state index is 12.4. The maximum Gasteiger partial charge on any atom is 0.312 e. The first-order chi connectivity index (χ1) is 12.4. The van der Waals surface area contributed by atoms with Crippen LogP contribution >= 0.6 is 0 Å². The molecule has 2 rings (SSSR count). The molecule has 0 saturated heterocycles. The summed E-state index contributed by atoms with van der Waals surface area (Å²) in [4.78, 5) is 23.6. The van der Waals surface area contributed by atoms with Gasteiger partial charge in [0.05, 0.1) is 0 Å². The van der Waals surface area contributed by atoms with Crippen LogP contribution in [0, 0.1) is 12.8 Å². The van der Waals surface area contributed by atoms with Crippen molar-refractivity contribution in [3.8, 4) is 11.5 Å². The fourth-order valence-corrected chi connectivity index (χ4v) is 2.50. The van der Waals surface area contributed by atoms with Gasteiger partial charge in [-0.3, -0.25) is 4.79 Å². The molecule has 0 fully saturated rings. The predicted octanol–water partition coefficient (Wildman–Crippen LogP) is 3.81. The second-order valence-electron chi connectivity index (χ2n) is 6.30. The Balaban J connectivity index is 2.03. The molecule has 0 aliphatic rings. The summed E-state index contributed by atoms with van der Waals surface area (Å²) in [5.74, 6) is 1.09. The van der Waals surface area contributed by atoms with E-state index in [9.17, 15) is 9.59 Å². The van der Waals surface area contributed by atoms with Crippen molar-refractivity contribution >= 4 is 17.6 Å². The molecule has 138 valence electrons. The van der Waals surface area contributed by atoms with Gasteiger partial charge in [0.15, 0.2) is 0 Å². The first-order valence-corrected chi connectivity index (χ1v) is 8.60. The molecule has 0 unspecified atom stereocenters. The van der Waals surface area contributed by atoms with Gasteiger partial charge in [0.25, 0.3) is 0 Å². The van der Waals surface area contributed by atoms with Crippen LogP contribution in [0.4, 0.5) is 10.5 Å². The summed E-state index contributed by atoms with van der Waals surface area (Å²) >= 11 is 0. The Kier molecular flexibility index (Phi) is 6.60. The van der Waals surface area contributed by atoms with Gasteiger partial charge >= 0.3 is 6.03 Å². The fraction of sp³-hybridized carbons (Fsp3) is 0.300. The second kappa shape index (κ2) is 8.89. The standard InChI is InChI=1S/C20H25N3O3/c1-4-14(3)18(23-20(21)25)19(24)22-15-8-10-16(11-9-15)26-17-7-5-6-13(2)12-17/h5-12,14,18H,4H2,1-3H3,(H,22,24)(H3,21,23,25)/t14-,18+/m1/s1. The van der Waals surface area contributed by atoms with Gasteiger partial charge in [-0.1, -0.05) is 32.4 Å². The molecule has 2 aromatic carbocycles. The van der Waals surface area contributed by atoms with Crippen LogP contribution in [0.15, 0.2) is 48.5 Å². The molecule has 0 radical (unpaired) electrons. The zero-order valence-electron chi connectivity index (χ0n) is 15.3. The topological polar surface area (TPSA) is 93.5 Å². The molecule has 4 N–H and O–H groups in total.